The summed E-state index contributed by atoms with van der Waals surface area (Å²) in [5.74, 6) is 2.02. The fourth-order valence-electron chi connectivity index (χ4n) is 4.75. The normalized spacial score (nSPS) is 14.7. The Hall–Kier alpha value is -4.40. The van der Waals surface area contributed by atoms with Gasteiger partial charge >= 0.3 is 0 Å². The Kier molecular flexibility index (Phi) is 6.76. The molecule has 0 atom stereocenters. The standard InChI is InChI=1S/C28H29N5O4/c1-19-29-27(32-37-19)28(15-7-8-16-28)30-25(34)14-12-21-18-33(22-9-5-4-6-10-22)31-26(21)20-11-13-23(35-2)24(17-20)36-3/h4-6,9-14,17-18H,7-8,15-16H2,1-3H3,(H,30,34). The van der Waals surface area contributed by atoms with Gasteiger partial charge in [-0.3, -0.25) is 4.79 Å². The van der Waals surface area contributed by atoms with Crippen molar-refractivity contribution in [1.29, 1.82) is 0 Å². The average molecular weight is 500 g/mol. The lowest BCUT2D eigenvalue weighted by Gasteiger charge is -2.25. The monoisotopic (exact) mass is 499 g/mol. The lowest BCUT2D eigenvalue weighted by molar-refractivity contribution is -0.118. The number of benzene rings is 2. The van der Waals surface area contributed by atoms with Gasteiger partial charge in [0, 0.05) is 30.3 Å². The lowest BCUT2D eigenvalue weighted by atomic mass is 9.96. The molecule has 1 fully saturated rings. The number of para-hydroxylation sites is 1. The Morgan fingerprint density at radius 2 is 1.84 bits per heavy atom. The highest BCUT2D eigenvalue weighted by Crippen LogP contribution is 2.37. The molecule has 4 aromatic rings. The van der Waals surface area contributed by atoms with E-state index in [1.54, 1.807) is 31.9 Å². The largest absolute Gasteiger partial charge is 0.493 e. The predicted molar refractivity (Wildman–Crippen MR) is 138 cm³/mol. The summed E-state index contributed by atoms with van der Waals surface area (Å²) in [7, 11) is 3.20. The molecule has 1 aliphatic rings. The molecule has 0 bridgehead atoms. The first-order chi connectivity index (χ1) is 18.0. The smallest absolute Gasteiger partial charge is 0.244 e. The minimum absolute atomic E-state index is 0.227. The van der Waals surface area contributed by atoms with Gasteiger partial charge in [0.15, 0.2) is 17.3 Å². The van der Waals surface area contributed by atoms with Crippen LogP contribution in [-0.4, -0.2) is 40.0 Å². The second-order valence-electron chi connectivity index (χ2n) is 9.03. The molecule has 2 heterocycles. The van der Waals surface area contributed by atoms with Crippen LogP contribution in [0.1, 0.15) is 43.0 Å². The number of aromatic nitrogens is 4. The summed E-state index contributed by atoms with van der Waals surface area (Å²) < 4.78 is 17.9. The zero-order chi connectivity index (χ0) is 25.8. The van der Waals surface area contributed by atoms with Crippen LogP contribution in [0.5, 0.6) is 11.5 Å². The number of nitrogens with zero attached hydrogens (tertiary/aromatic N) is 4. The number of hydrogen-bond donors (Lipinski definition) is 1. The van der Waals surface area contributed by atoms with E-state index in [2.05, 4.69) is 15.5 Å². The highest BCUT2D eigenvalue weighted by molar-refractivity contribution is 5.93. The third kappa shape index (κ3) is 4.97. The quantitative estimate of drug-likeness (QED) is 0.346. The molecule has 1 amide bonds. The Morgan fingerprint density at radius 1 is 1.08 bits per heavy atom. The van der Waals surface area contributed by atoms with Crippen molar-refractivity contribution in [2.45, 2.75) is 38.1 Å². The number of amides is 1. The van der Waals surface area contributed by atoms with Gasteiger partial charge in [-0.2, -0.15) is 10.1 Å². The topological polar surface area (TPSA) is 104 Å². The van der Waals surface area contributed by atoms with Crippen molar-refractivity contribution in [3.05, 3.63) is 78.1 Å². The first-order valence-corrected chi connectivity index (χ1v) is 12.2. The van der Waals surface area contributed by atoms with Gasteiger partial charge in [-0.05, 0) is 49.2 Å². The molecule has 2 aromatic heterocycles. The van der Waals surface area contributed by atoms with E-state index in [9.17, 15) is 4.79 Å². The Balaban J connectivity index is 1.47. The van der Waals surface area contributed by atoms with E-state index in [4.69, 9.17) is 19.1 Å². The SMILES string of the molecule is COc1ccc(-c2nn(-c3ccccc3)cc2C=CC(=O)NC2(c3noc(C)n3)CCCC2)cc1OC. The second-order valence-corrected chi connectivity index (χ2v) is 9.03. The van der Waals surface area contributed by atoms with Gasteiger partial charge in [0.25, 0.3) is 0 Å². The molecule has 0 saturated heterocycles. The fourth-order valence-corrected chi connectivity index (χ4v) is 4.75. The molecule has 9 nitrogen and oxygen atoms in total. The van der Waals surface area contributed by atoms with Gasteiger partial charge in [0.1, 0.15) is 11.2 Å². The molecule has 0 aliphatic heterocycles. The van der Waals surface area contributed by atoms with Crippen molar-refractivity contribution >= 4 is 12.0 Å². The highest BCUT2D eigenvalue weighted by Gasteiger charge is 2.40. The van der Waals surface area contributed by atoms with Crippen molar-refractivity contribution in [2.75, 3.05) is 14.2 Å². The molecule has 1 N–H and O–H groups in total. The number of ether oxygens (including phenoxy) is 2. The number of aryl methyl sites for hydroxylation is 1. The summed E-state index contributed by atoms with van der Waals surface area (Å²) in [4.78, 5) is 17.5. The van der Waals surface area contributed by atoms with Gasteiger partial charge in [-0.1, -0.05) is 36.2 Å². The van der Waals surface area contributed by atoms with Crippen LogP contribution in [0.15, 0.2) is 65.3 Å². The van der Waals surface area contributed by atoms with E-state index in [0.717, 1.165) is 42.5 Å². The van der Waals surface area contributed by atoms with Crippen LogP contribution < -0.4 is 14.8 Å². The third-order valence-corrected chi connectivity index (χ3v) is 6.61. The molecule has 0 spiro atoms. The molecule has 9 heteroatoms. The van der Waals surface area contributed by atoms with E-state index < -0.39 is 5.54 Å². The number of methoxy groups -OCH3 is 2. The second kappa shape index (κ2) is 10.3. The summed E-state index contributed by atoms with van der Waals surface area (Å²) in [5, 5.41) is 12.1. The van der Waals surface area contributed by atoms with E-state index in [-0.39, 0.29) is 5.91 Å². The van der Waals surface area contributed by atoms with E-state index in [1.165, 1.54) is 6.08 Å². The summed E-state index contributed by atoms with van der Waals surface area (Å²) in [6.07, 6.45) is 8.74. The maximum absolute atomic E-state index is 13.1. The van der Waals surface area contributed by atoms with E-state index in [0.29, 0.717) is 28.9 Å². The van der Waals surface area contributed by atoms with Crippen molar-refractivity contribution < 1.29 is 18.8 Å². The minimum atomic E-state index is -0.612. The van der Waals surface area contributed by atoms with Crippen LogP contribution in [-0.2, 0) is 10.3 Å². The number of rotatable bonds is 8. The van der Waals surface area contributed by atoms with Gasteiger partial charge in [-0.15, -0.1) is 0 Å². The first kappa shape index (κ1) is 24.3. The van der Waals surface area contributed by atoms with Gasteiger partial charge < -0.3 is 19.3 Å². The van der Waals surface area contributed by atoms with Crippen molar-refractivity contribution in [2.24, 2.45) is 0 Å². The zero-order valence-corrected chi connectivity index (χ0v) is 21.1. The number of carbonyl (C=O) groups is 1. The number of carbonyl (C=O) groups excluding carboxylic acids is 1. The van der Waals surface area contributed by atoms with Crippen LogP contribution >= 0.6 is 0 Å². The number of nitrogens with one attached hydrogen (secondary N) is 1. The molecule has 190 valence electrons. The highest BCUT2D eigenvalue weighted by atomic mass is 16.5. The maximum atomic E-state index is 13.1. The molecule has 1 aliphatic carbocycles. The molecular formula is C28H29N5O4. The van der Waals surface area contributed by atoms with Crippen molar-refractivity contribution in [1.82, 2.24) is 25.2 Å². The molecule has 37 heavy (non-hydrogen) atoms. The van der Waals surface area contributed by atoms with Gasteiger partial charge in [-0.25, -0.2) is 4.68 Å². The van der Waals surface area contributed by atoms with E-state index >= 15 is 0 Å². The van der Waals surface area contributed by atoms with Crippen LogP contribution in [0.25, 0.3) is 23.0 Å². The molecule has 0 radical (unpaired) electrons. The van der Waals surface area contributed by atoms with E-state index in [1.807, 2.05) is 54.7 Å². The Morgan fingerprint density at radius 3 is 2.51 bits per heavy atom. The summed E-state index contributed by atoms with van der Waals surface area (Å²) in [6.45, 7) is 1.75. The number of hydrogen-bond acceptors (Lipinski definition) is 7. The summed E-state index contributed by atoms with van der Waals surface area (Å²) >= 11 is 0. The summed E-state index contributed by atoms with van der Waals surface area (Å²) in [6, 6.07) is 15.4. The molecule has 5 rings (SSSR count). The first-order valence-electron chi connectivity index (χ1n) is 12.2. The van der Waals surface area contributed by atoms with Gasteiger partial charge in [0.2, 0.25) is 11.8 Å². The zero-order valence-electron chi connectivity index (χ0n) is 21.1. The molecule has 2 aromatic carbocycles. The third-order valence-electron chi connectivity index (χ3n) is 6.61. The van der Waals surface area contributed by atoms with Crippen LogP contribution in [0, 0.1) is 6.92 Å². The predicted octanol–water partition coefficient (Wildman–Crippen LogP) is 4.85. The molecule has 1 saturated carbocycles. The van der Waals surface area contributed by atoms with Crippen LogP contribution in [0.3, 0.4) is 0 Å². The Labute approximate surface area is 215 Å². The maximum Gasteiger partial charge on any atom is 0.244 e. The fraction of sp³-hybridized carbons (Fsp3) is 0.286. The van der Waals surface area contributed by atoms with Crippen molar-refractivity contribution in [3.8, 4) is 28.4 Å². The lowest BCUT2D eigenvalue weighted by Crippen LogP contribution is -2.44. The van der Waals surface area contributed by atoms with Crippen molar-refractivity contribution in [3.63, 3.8) is 0 Å². The van der Waals surface area contributed by atoms with Crippen LogP contribution in [0.4, 0.5) is 0 Å². The van der Waals surface area contributed by atoms with Crippen LogP contribution in [0.2, 0.25) is 0 Å². The van der Waals surface area contributed by atoms with Gasteiger partial charge in [0.05, 0.1) is 19.9 Å². The summed E-state index contributed by atoms with van der Waals surface area (Å²) in [5.41, 5.74) is 2.62. The molecule has 0 unspecified atom stereocenters. The minimum Gasteiger partial charge on any atom is -0.493 e. The average Bonchev–Trinajstić information content (AvgIpc) is 3.68. The molecular weight excluding hydrogens is 470 g/mol. The Bertz CT molecular complexity index is 1420.